The van der Waals surface area contributed by atoms with E-state index in [9.17, 15) is 4.79 Å². The van der Waals surface area contributed by atoms with Crippen molar-refractivity contribution in [2.45, 2.75) is 26.3 Å². The Morgan fingerprint density at radius 1 is 1.83 bits per heavy atom. The van der Waals surface area contributed by atoms with E-state index < -0.39 is 6.04 Å². The first-order chi connectivity index (χ1) is 5.65. The van der Waals surface area contributed by atoms with Gasteiger partial charge in [0.2, 0.25) is 0 Å². The Labute approximate surface area is 71.2 Å². The number of hydrogen-bond acceptors (Lipinski definition) is 3. The Hall–Kier alpha value is -1.16. The maximum absolute atomic E-state index is 11.4. The van der Waals surface area contributed by atoms with E-state index in [0.29, 0.717) is 12.1 Å². The molecule has 4 heteroatoms. The van der Waals surface area contributed by atoms with E-state index in [4.69, 9.17) is 5.73 Å². The number of aryl methyl sites for hydroxylation is 1. The molecule has 0 radical (unpaired) electrons. The van der Waals surface area contributed by atoms with Gasteiger partial charge in [-0.25, -0.2) is 0 Å². The second kappa shape index (κ2) is 3.49. The summed E-state index contributed by atoms with van der Waals surface area (Å²) in [5, 5.41) is 6.53. The highest BCUT2D eigenvalue weighted by molar-refractivity contribution is 5.98. The minimum absolute atomic E-state index is 0.0955. The Bertz CT molecular complexity index is 280. The molecule has 0 amide bonds. The van der Waals surface area contributed by atoms with Crippen LogP contribution in [0.4, 0.5) is 0 Å². The summed E-state index contributed by atoms with van der Waals surface area (Å²) in [5.41, 5.74) is 6.86. The van der Waals surface area contributed by atoms with Crippen LogP contribution in [-0.4, -0.2) is 22.0 Å². The van der Waals surface area contributed by atoms with Gasteiger partial charge < -0.3 is 5.73 Å². The molecule has 0 aliphatic heterocycles. The molecular formula is C8H13N3O. The smallest absolute Gasteiger partial charge is 0.199 e. The molecule has 1 atom stereocenters. The lowest BCUT2D eigenvalue weighted by molar-refractivity contribution is 0.0954. The number of ketones is 1. The van der Waals surface area contributed by atoms with Crippen LogP contribution in [0.3, 0.4) is 0 Å². The fourth-order valence-corrected chi connectivity index (χ4v) is 0.920. The number of nitrogens with zero attached hydrogens (tertiary/aromatic N) is 1. The third-order valence-electron chi connectivity index (χ3n) is 1.73. The summed E-state index contributed by atoms with van der Waals surface area (Å²) < 4.78 is 0. The van der Waals surface area contributed by atoms with Crippen LogP contribution in [0.2, 0.25) is 0 Å². The van der Waals surface area contributed by atoms with Gasteiger partial charge in [-0.1, -0.05) is 6.92 Å². The van der Waals surface area contributed by atoms with Crippen molar-refractivity contribution in [3.8, 4) is 0 Å². The van der Waals surface area contributed by atoms with E-state index in [-0.39, 0.29) is 5.78 Å². The molecule has 66 valence electrons. The number of aromatic amines is 1. The largest absolute Gasteiger partial charge is 0.321 e. The number of rotatable bonds is 3. The van der Waals surface area contributed by atoms with Crippen LogP contribution in [0, 0.1) is 6.92 Å². The first kappa shape index (κ1) is 8.93. The number of aromatic nitrogens is 2. The van der Waals surface area contributed by atoms with E-state index in [0.717, 1.165) is 5.69 Å². The quantitative estimate of drug-likeness (QED) is 0.649. The number of carbonyl (C=O) groups excluding carboxylic acids is 1. The molecule has 1 unspecified atom stereocenters. The zero-order valence-electron chi connectivity index (χ0n) is 7.29. The monoisotopic (exact) mass is 167 g/mol. The van der Waals surface area contributed by atoms with Crippen LogP contribution >= 0.6 is 0 Å². The van der Waals surface area contributed by atoms with Gasteiger partial charge in [-0.3, -0.25) is 9.89 Å². The topological polar surface area (TPSA) is 71.8 Å². The van der Waals surface area contributed by atoms with Gasteiger partial charge in [-0.2, -0.15) is 5.10 Å². The standard InChI is InChI=1S/C8H13N3O/c1-3-6(9)8(12)7-4-5(2)10-11-7/h4,6H,3,9H2,1-2H3,(H,10,11). The fourth-order valence-electron chi connectivity index (χ4n) is 0.920. The van der Waals surface area contributed by atoms with Gasteiger partial charge in [0.1, 0.15) is 5.69 Å². The molecule has 1 rings (SSSR count). The van der Waals surface area contributed by atoms with Crippen LogP contribution in [0.15, 0.2) is 6.07 Å². The molecule has 0 spiro atoms. The highest BCUT2D eigenvalue weighted by Gasteiger charge is 2.15. The van der Waals surface area contributed by atoms with Crippen molar-refractivity contribution >= 4 is 5.78 Å². The average molecular weight is 167 g/mol. The molecule has 3 N–H and O–H groups in total. The van der Waals surface area contributed by atoms with Crippen molar-refractivity contribution < 1.29 is 4.79 Å². The number of hydrogen-bond donors (Lipinski definition) is 2. The van der Waals surface area contributed by atoms with Crippen LogP contribution < -0.4 is 5.73 Å². The van der Waals surface area contributed by atoms with E-state index in [1.54, 1.807) is 6.07 Å². The summed E-state index contributed by atoms with van der Waals surface area (Å²) in [7, 11) is 0. The number of nitrogens with two attached hydrogens (primary N) is 1. The first-order valence-corrected chi connectivity index (χ1v) is 3.97. The number of H-pyrrole nitrogens is 1. The third-order valence-corrected chi connectivity index (χ3v) is 1.73. The predicted molar refractivity (Wildman–Crippen MR) is 45.9 cm³/mol. The highest BCUT2D eigenvalue weighted by atomic mass is 16.1. The molecule has 0 saturated carbocycles. The molecule has 0 saturated heterocycles. The van der Waals surface area contributed by atoms with Gasteiger partial charge >= 0.3 is 0 Å². The Morgan fingerprint density at radius 3 is 2.92 bits per heavy atom. The summed E-state index contributed by atoms with van der Waals surface area (Å²) in [6.45, 7) is 3.73. The number of nitrogens with one attached hydrogen (secondary N) is 1. The van der Waals surface area contributed by atoms with Gasteiger partial charge in [0, 0.05) is 5.69 Å². The Morgan fingerprint density at radius 2 is 2.50 bits per heavy atom. The minimum Gasteiger partial charge on any atom is -0.321 e. The summed E-state index contributed by atoms with van der Waals surface area (Å²) in [6.07, 6.45) is 0.644. The maximum atomic E-state index is 11.4. The number of carbonyl (C=O) groups is 1. The zero-order valence-corrected chi connectivity index (χ0v) is 7.29. The van der Waals surface area contributed by atoms with Gasteiger partial charge in [-0.05, 0) is 19.4 Å². The van der Waals surface area contributed by atoms with Crippen molar-refractivity contribution in [2.24, 2.45) is 5.73 Å². The molecular weight excluding hydrogens is 154 g/mol. The molecule has 0 aromatic carbocycles. The molecule has 0 fully saturated rings. The van der Waals surface area contributed by atoms with E-state index in [1.165, 1.54) is 0 Å². The van der Waals surface area contributed by atoms with Gasteiger partial charge in [-0.15, -0.1) is 0 Å². The molecule has 0 aliphatic carbocycles. The predicted octanol–water partition coefficient (Wildman–Crippen LogP) is 0.638. The summed E-state index contributed by atoms with van der Waals surface area (Å²) in [5.74, 6) is -0.0955. The lowest BCUT2D eigenvalue weighted by Crippen LogP contribution is -2.29. The molecule has 4 nitrogen and oxygen atoms in total. The third kappa shape index (κ3) is 1.71. The van der Waals surface area contributed by atoms with Crippen LogP contribution in [0.5, 0.6) is 0 Å². The van der Waals surface area contributed by atoms with Crippen molar-refractivity contribution in [3.05, 3.63) is 17.5 Å². The number of Topliss-reactive ketones (excluding diaryl/α,β-unsaturated/α-hetero) is 1. The van der Waals surface area contributed by atoms with Crippen LogP contribution in [0.1, 0.15) is 29.5 Å². The average Bonchev–Trinajstić information content (AvgIpc) is 2.49. The van der Waals surface area contributed by atoms with Crippen LogP contribution in [0.25, 0.3) is 0 Å². The molecule has 1 aromatic rings. The highest BCUT2D eigenvalue weighted by Crippen LogP contribution is 2.02. The van der Waals surface area contributed by atoms with E-state index in [2.05, 4.69) is 10.2 Å². The molecule has 12 heavy (non-hydrogen) atoms. The summed E-state index contributed by atoms with van der Waals surface area (Å²) >= 11 is 0. The molecule has 0 bridgehead atoms. The lowest BCUT2D eigenvalue weighted by Gasteiger charge is -2.02. The van der Waals surface area contributed by atoms with E-state index >= 15 is 0 Å². The van der Waals surface area contributed by atoms with Crippen molar-refractivity contribution in [1.82, 2.24) is 10.2 Å². The first-order valence-electron chi connectivity index (χ1n) is 3.97. The van der Waals surface area contributed by atoms with Gasteiger partial charge in [0.15, 0.2) is 5.78 Å². The maximum Gasteiger partial charge on any atom is 0.199 e. The molecule has 1 heterocycles. The van der Waals surface area contributed by atoms with Crippen LogP contribution in [-0.2, 0) is 0 Å². The molecule has 0 aliphatic rings. The normalized spacial score (nSPS) is 12.9. The second-order valence-electron chi connectivity index (χ2n) is 2.82. The Balaban J connectivity index is 2.78. The van der Waals surface area contributed by atoms with Crippen molar-refractivity contribution in [2.75, 3.05) is 0 Å². The van der Waals surface area contributed by atoms with Gasteiger partial charge in [0.05, 0.1) is 6.04 Å². The summed E-state index contributed by atoms with van der Waals surface area (Å²) in [4.78, 5) is 11.4. The summed E-state index contributed by atoms with van der Waals surface area (Å²) in [6, 6.07) is 1.28. The fraction of sp³-hybridized carbons (Fsp3) is 0.500. The van der Waals surface area contributed by atoms with Crippen molar-refractivity contribution in [3.63, 3.8) is 0 Å². The minimum atomic E-state index is -0.423. The second-order valence-corrected chi connectivity index (χ2v) is 2.82. The lowest BCUT2D eigenvalue weighted by atomic mass is 10.1. The zero-order chi connectivity index (χ0) is 9.14. The van der Waals surface area contributed by atoms with E-state index in [1.807, 2.05) is 13.8 Å². The SMILES string of the molecule is CCC(N)C(=O)c1cc(C)[nH]n1. The Kier molecular flexibility index (Phi) is 2.60. The molecule has 1 aromatic heterocycles. The van der Waals surface area contributed by atoms with Gasteiger partial charge in [0.25, 0.3) is 0 Å². The van der Waals surface area contributed by atoms with Crippen molar-refractivity contribution in [1.29, 1.82) is 0 Å².